The molecule has 1 amide bonds. The minimum atomic E-state index is -0.519. The van der Waals surface area contributed by atoms with E-state index in [9.17, 15) is 9.59 Å². The van der Waals surface area contributed by atoms with Crippen molar-refractivity contribution in [2.45, 2.75) is 40.5 Å². The summed E-state index contributed by atoms with van der Waals surface area (Å²) in [5, 5.41) is 0.0802. The fraction of sp³-hybridized carbons (Fsp3) is 0.500. The highest BCUT2D eigenvalue weighted by Gasteiger charge is 2.63. The summed E-state index contributed by atoms with van der Waals surface area (Å²) in [6.45, 7) is 4.18. The van der Waals surface area contributed by atoms with Crippen LogP contribution in [0.25, 0.3) is 0 Å². The molecule has 2 saturated heterocycles. The number of alkyl halides is 1. The van der Waals surface area contributed by atoms with Gasteiger partial charge in [0.25, 0.3) is 0 Å². The van der Waals surface area contributed by atoms with Gasteiger partial charge in [-0.3, -0.25) is 4.79 Å². The van der Waals surface area contributed by atoms with Gasteiger partial charge < -0.3 is 14.4 Å². The lowest BCUT2D eigenvalue weighted by molar-refractivity contribution is -0.161. The predicted molar refractivity (Wildman–Crippen MR) is 96.7 cm³/mol. The normalized spacial score (nSPS) is 28.1. The standard InChI is InChI=1S/C16H18INO4S/c1-16(2)12(18-13(19)11(17)14(18)23-16)15(20)22-8-9-4-6-10(21-3)7-5-9/h4-7,11-12,14H,8H2,1-3H3/t11-,12+,14-/m1/s1. The minimum Gasteiger partial charge on any atom is -0.497 e. The van der Waals surface area contributed by atoms with E-state index in [1.165, 1.54) is 0 Å². The van der Waals surface area contributed by atoms with Gasteiger partial charge in [0, 0.05) is 4.75 Å². The zero-order valence-electron chi connectivity index (χ0n) is 13.1. The molecule has 0 radical (unpaired) electrons. The molecule has 3 rings (SSSR count). The van der Waals surface area contributed by atoms with Crippen LogP contribution in [0.15, 0.2) is 24.3 Å². The van der Waals surface area contributed by atoms with Crippen LogP contribution in [0.1, 0.15) is 19.4 Å². The average molecular weight is 447 g/mol. The monoisotopic (exact) mass is 447 g/mol. The molecule has 0 unspecified atom stereocenters. The number of fused-ring (bicyclic) bond motifs is 1. The molecule has 0 saturated carbocycles. The Morgan fingerprint density at radius 2 is 2.00 bits per heavy atom. The second-order valence-corrected chi connectivity index (χ2v) is 9.23. The third-order valence-corrected chi connectivity index (χ3v) is 7.41. The molecule has 0 aromatic heterocycles. The average Bonchev–Trinajstić information content (AvgIpc) is 2.81. The van der Waals surface area contributed by atoms with Crippen LogP contribution in [0, 0.1) is 0 Å². The number of ether oxygens (including phenoxy) is 2. The summed E-state index contributed by atoms with van der Waals surface area (Å²) >= 11 is 3.82. The molecule has 2 heterocycles. The lowest BCUT2D eigenvalue weighted by Gasteiger charge is -2.41. The van der Waals surface area contributed by atoms with Gasteiger partial charge in [-0.15, -0.1) is 11.8 Å². The molecular weight excluding hydrogens is 429 g/mol. The lowest BCUT2D eigenvalue weighted by atomic mass is 9.98. The van der Waals surface area contributed by atoms with Crippen LogP contribution in [0.4, 0.5) is 0 Å². The minimum absolute atomic E-state index is 0.0278. The zero-order valence-corrected chi connectivity index (χ0v) is 16.1. The number of hydrogen-bond donors (Lipinski definition) is 0. The molecule has 2 aliphatic rings. The van der Waals surface area contributed by atoms with Crippen molar-refractivity contribution in [1.29, 1.82) is 0 Å². The maximum Gasteiger partial charge on any atom is 0.330 e. The Morgan fingerprint density at radius 1 is 1.35 bits per heavy atom. The molecule has 7 heteroatoms. The van der Waals surface area contributed by atoms with Crippen LogP contribution in [0.5, 0.6) is 5.75 Å². The fourth-order valence-electron chi connectivity index (χ4n) is 2.90. The molecule has 5 nitrogen and oxygen atoms in total. The van der Waals surface area contributed by atoms with Crippen molar-refractivity contribution in [1.82, 2.24) is 4.90 Å². The molecule has 2 aliphatic heterocycles. The number of thioether (sulfide) groups is 1. The topological polar surface area (TPSA) is 55.8 Å². The molecule has 0 bridgehead atoms. The molecule has 1 aromatic rings. The Kier molecular flexibility index (Phi) is 4.52. The van der Waals surface area contributed by atoms with E-state index in [4.69, 9.17) is 9.47 Å². The molecule has 0 spiro atoms. The fourth-order valence-corrected chi connectivity index (χ4v) is 5.55. The summed E-state index contributed by atoms with van der Waals surface area (Å²) < 4.78 is 10.2. The SMILES string of the molecule is COc1ccc(COC(=O)[C@@H]2N3C(=O)[C@@H](I)[C@H]3SC2(C)C)cc1. The van der Waals surface area contributed by atoms with Crippen LogP contribution in [0.3, 0.4) is 0 Å². The Labute approximate surface area is 153 Å². The Hall–Kier alpha value is -0.960. The number of methoxy groups -OCH3 is 1. The van der Waals surface area contributed by atoms with E-state index in [1.54, 1.807) is 23.8 Å². The number of amides is 1. The van der Waals surface area contributed by atoms with Gasteiger partial charge in [0.1, 0.15) is 27.7 Å². The number of carbonyl (C=O) groups is 2. The number of benzene rings is 1. The first-order valence-corrected chi connectivity index (χ1v) is 9.41. The maximum absolute atomic E-state index is 12.5. The van der Waals surface area contributed by atoms with Crippen LogP contribution >= 0.6 is 34.4 Å². The zero-order chi connectivity index (χ0) is 16.8. The first kappa shape index (κ1) is 16.9. The molecule has 124 valence electrons. The van der Waals surface area contributed by atoms with Crippen molar-refractivity contribution in [2.75, 3.05) is 7.11 Å². The summed E-state index contributed by atoms with van der Waals surface area (Å²) in [6, 6.07) is 6.86. The van der Waals surface area contributed by atoms with Gasteiger partial charge in [0.15, 0.2) is 0 Å². The van der Waals surface area contributed by atoms with Crippen molar-refractivity contribution in [3.05, 3.63) is 29.8 Å². The Balaban J connectivity index is 1.66. The Bertz CT molecular complexity index is 633. The third kappa shape index (κ3) is 2.93. The number of β-lactam (4-membered cyclic amide) rings is 1. The van der Waals surface area contributed by atoms with E-state index >= 15 is 0 Å². The highest BCUT2D eigenvalue weighted by Crippen LogP contribution is 2.53. The van der Waals surface area contributed by atoms with Gasteiger partial charge in [0.2, 0.25) is 5.91 Å². The Morgan fingerprint density at radius 3 is 2.61 bits per heavy atom. The van der Waals surface area contributed by atoms with Crippen LogP contribution < -0.4 is 4.74 Å². The first-order valence-electron chi connectivity index (χ1n) is 7.29. The second kappa shape index (κ2) is 6.16. The number of rotatable bonds is 4. The molecule has 0 aliphatic carbocycles. The van der Waals surface area contributed by atoms with Crippen molar-refractivity contribution >= 4 is 46.2 Å². The summed E-state index contributed by atoms with van der Waals surface area (Å²) in [4.78, 5) is 26.3. The van der Waals surface area contributed by atoms with E-state index in [0.29, 0.717) is 0 Å². The second-order valence-electron chi connectivity index (χ2n) is 6.12. The molecule has 0 N–H and O–H groups in total. The predicted octanol–water partition coefficient (Wildman–Crippen LogP) is 2.60. The van der Waals surface area contributed by atoms with Crippen LogP contribution in [0.2, 0.25) is 0 Å². The summed E-state index contributed by atoms with van der Waals surface area (Å²) in [5.41, 5.74) is 0.890. The van der Waals surface area contributed by atoms with Gasteiger partial charge in [-0.25, -0.2) is 4.79 Å². The van der Waals surface area contributed by atoms with Gasteiger partial charge in [-0.2, -0.15) is 0 Å². The van der Waals surface area contributed by atoms with E-state index in [-0.39, 0.29) is 32.5 Å². The van der Waals surface area contributed by atoms with Gasteiger partial charge in [0.05, 0.1) is 7.11 Å². The largest absolute Gasteiger partial charge is 0.497 e. The number of halogens is 1. The highest BCUT2D eigenvalue weighted by atomic mass is 127. The number of carbonyl (C=O) groups excluding carboxylic acids is 2. The lowest BCUT2D eigenvalue weighted by Crippen LogP contribution is -2.63. The summed E-state index contributed by atoms with van der Waals surface area (Å²) in [6.07, 6.45) is 0. The quantitative estimate of drug-likeness (QED) is 0.308. The van der Waals surface area contributed by atoms with E-state index in [2.05, 4.69) is 22.6 Å². The van der Waals surface area contributed by atoms with Crippen LogP contribution in [-0.2, 0) is 20.9 Å². The van der Waals surface area contributed by atoms with E-state index in [0.717, 1.165) is 11.3 Å². The number of esters is 1. The maximum atomic E-state index is 12.5. The molecular formula is C16H18INO4S. The van der Waals surface area contributed by atoms with E-state index in [1.807, 2.05) is 38.1 Å². The molecule has 1 aromatic carbocycles. The van der Waals surface area contributed by atoms with Crippen molar-refractivity contribution in [2.24, 2.45) is 0 Å². The van der Waals surface area contributed by atoms with Crippen molar-refractivity contribution < 1.29 is 19.1 Å². The first-order chi connectivity index (χ1) is 10.8. The van der Waals surface area contributed by atoms with Gasteiger partial charge in [-0.05, 0) is 31.5 Å². The third-order valence-electron chi connectivity index (χ3n) is 4.14. The molecule has 3 atom stereocenters. The summed E-state index contributed by atoms with van der Waals surface area (Å²) in [5.74, 6) is 0.452. The van der Waals surface area contributed by atoms with Crippen molar-refractivity contribution in [3.8, 4) is 5.75 Å². The number of hydrogen-bond acceptors (Lipinski definition) is 5. The van der Waals surface area contributed by atoms with E-state index < -0.39 is 6.04 Å². The van der Waals surface area contributed by atoms with Gasteiger partial charge >= 0.3 is 5.97 Å². The highest BCUT2D eigenvalue weighted by molar-refractivity contribution is 14.1. The molecule has 2 fully saturated rings. The van der Waals surface area contributed by atoms with Crippen LogP contribution in [-0.4, -0.2) is 44.0 Å². The van der Waals surface area contributed by atoms with Crippen molar-refractivity contribution in [3.63, 3.8) is 0 Å². The summed E-state index contributed by atoms with van der Waals surface area (Å²) in [7, 11) is 1.61. The molecule has 23 heavy (non-hydrogen) atoms. The smallest absolute Gasteiger partial charge is 0.330 e. The number of nitrogens with zero attached hydrogens (tertiary/aromatic N) is 1. The van der Waals surface area contributed by atoms with Gasteiger partial charge in [-0.1, -0.05) is 34.7 Å².